The molecule has 0 aliphatic carbocycles. The predicted molar refractivity (Wildman–Crippen MR) is 360 cm³/mol. The van der Waals surface area contributed by atoms with E-state index in [1.54, 1.807) is 12.1 Å². The van der Waals surface area contributed by atoms with Crippen LogP contribution in [-0.2, 0) is 0 Å². The summed E-state index contributed by atoms with van der Waals surface area (Å²) in [5.41, 5.74) is 17.8. The highest BCUT2D eigenvalue weighted by atomic mass is 19.1. The smallest absolute Gasteiger partial charge is 0.134 e. The van der Waals surface area contributed by atoms with Gasteiger partial charge in [0.05, 0.1) is 96.2 Å². The van der Waals surface area contributed by atoms with Crippen LogP contribution in [0.15, 0.2) is 297 Å². The second-order valence-electron chi connectivity index (χ2n) is 22.3. The average molecular weight is 1160 g/mol. The topological polar surface area (TPSA) is 85.2 Å². The molecular formula is C81H49F2N7. The van der Waals surface area contributed by atoms with Crippen molar-refractivity contribution in [3.8, 4) is 119 Å². The average Bonchev–Trinajstić information content (AvgIpc) is 1.56. The first kappa shape index (κ1) is 53.2. The van der Waals surface area contributed by atoms with E-state index >= 15 is 8.78 Å². The maximum absolute atomic E-state index is 16.7. The van der Waals surface area contributed by atoms with Crippen molar-refractivity contribution in [2.45, 2.75) is 0 Å². The molecule has 7 nitrogen and oxygen atoms in total. The lowest BCUT2D eigenvalue weighted by Crippen LogP contribution is -2.06. The second kappa shape index (κ2) is 22.2. The second-order valence-corrected chi connectivity index (χ2v) is 22.3. The highest BCUT2D eigenvalue weighted by molar-refractivity contribution is 6.14. The molecule has 10 aromatic carbocycles. The first-order valence-corrected chi connectivity index (χ1v) is 29.7. The van der Waals surface area contributed by atoms with Gasteiger partial charge in [0.25, 0.3) is 0 Å². The lowest BCUT2D eigenvalue weighted by Gasteiger charge is -2.20. The van der Waals surface area contributed by atoms with Crippen LogP contribution in [0.2, 0.25) is 0 Å². The van der Waals surface area contributed by atoms with Crippen LogP contribution in [0.3, 0.4) is 0 Å². The molecule has 16 rings (SSSR count). The third-order valence-corrected chi connectivity index (χ3v) is 16.9. The normalized spacial score (nSPS) is 11.4. The molecule has 422 valence electrons. The first-order valence-electron chi connectivity index (χ1n) is 29.7. The quantitative estimate of drug-likeness (QED) is 0.129. The number of aromatic nitrogens is 6. The van der Waals surface area contributed by atoms with Crippen LogP contribution in [0.1, 0.15) is 5.56 Å². The van der Waals surface area contributed by atoms with Crippen LogP contribution < -0.4 is 0 Å². The Hall–Kier alpha value is -12.3. The van der Waals surface area contributed by atoms with Crippen molar-refractivity contribution >= 4 is 43.6 Å². The number of halogens is 2. The maximum atomic E-state index is 16.7. The van der Waals surface area contributed by atoms with Crippen molar-refractivity contribution in [3.05, 3.63) is 314 Å². The molecule has 0 N–H and O–H groups in total. The molecule has 0 bridgehead atoms. The molecule has 0 radical (unpaired) electrons. The summed E-state index contributed by atoms with van der Waals surface area (Å²) < 4.78 is 37.8. The van der Waals surface area contributed by atoms with Crippen molar-refractivity contribution in [2.75, 3.05) is 0 Å². The number of nitriles is 1. The van der Waals surface area contributed by atoms with E-state index < -0.39 is 11.6 Å². The number of fused-ring (bicyclic) bond motifs is 6. The fourth-order valence-corrected chi connectivity index (χ4v) is 12.6. The minimum Gasteiger partial charge on any atom is -0.307 e. The van der Waals surface area contributed by atoms with Gasteiger partial charge in [0.1, 0.15) is 11.6 Å². The van der Waals surface area contributed by atoms with E-state index in [1.165, 1.54) is 18.2 Å². The van der Waals surface area contributed by atoms with E-state index in [0.717, 1.165) is 134 Å². The summed E-state index contributed by atoms with van der Waals surface area (Å²) in [5.74, 6) is -1.60. The summed E-state index contributed by atoms with van der Waals surface area (Å²) in [6.45, 7) is 0. The lowest BCUT2D eigenvalue weighted by atomic mass is 9.97. The number of pyridine rings is 4. The molecule has 0 amide bonds. The molecule has 0 spiro atoms. The van der Waals surface area contributed by atoms with Gasteiger partial charge >= 0.3 is 0 Å². The van der Waals surface area contributed by atoms with Crippen LogP contribution in [0.25, 0.3) is 156 Å². The van der Waals surface area contributed by atoms with Gasteiger partial charge in [0.2, 0.25) is 0 Å². The zero-order chi connectivity index (χ0) is 60.2. The molecule has 0 aliphatic heterocycles. The summed E-state index contributed by atoms with van der Waals surface area (Å²) in [7, 11) is 0. The van der Waals surface area contributed by atoms with Crippen molar-refractivity contribution < 1.29 is 8.78 Å². The van der Waals surface area contributed by atoms with Crippen LogP contribution in [0.5, 0.6) is 0 Å². The number of rotatable bonds is 11. The minimum atomic E-state index is -0.799. The Morgan fingerprint density at radius 3 is 0.822 bits per heavy atom. The van der Waals surface area contributed by atoms with E-state index in [-0.39, 0.29) is 16.7 Å². The minimum absolute atomic E-state index is 0.0699. The van der Waals surface area contributed by atoms with Gasteiger partial charge in [-0.15, -0.1) is 0 Å². The van der Waals surface area contributed by atoms with Crippen molar-refractivity contribution in [1.82, 2.24) is 29.1 Å². The number of benzene rings is 10. The highest BCUT2D eigenvalue weighted by Gasteiger charge is 2.26. The summed E-state index contributed by atoms with van der Waals surface area (Å²) in [6, 6.07) is 100.0. The molecule has 0 fully saturated rings. The molecule has 0 unspecified atom stereocenters. The largest absolute Gasteiger partial charge is 0.307 e. The first-order chi connectivity index (χ1) is 44.4. The zero-order valence-electron chi connectivity index (χ0n) is 48.2. The van der Waals surface area contributed by atoms with E-state index in [4.69, 9.17) is 19.9 Å². The maximum Gasteiger partial charge on any atom is 0.134 e. The molecular weight excluding hydrogens is 1110 g/mol. The van der Waals surface area contributed by atoms with Crippen molar-refractivity contribution in [1.29, 1.82) is 5.26 Å². The van der Waals surface area contributed by atoms with E-state index in [9.17, 15) is 5.26 Å². The summed E-state index contributed by atoms with van der Waals surface area (Å²) in [4.78, 5) is 21.0. The summed E-state index contributed by atoms with van der Waals surface area (Å²) >= 11 is 0. The Morgan fingerprint density at radius 1 is 0.267 bits per heavy atom. The Labute approximate surface area is 517 Å². The third-order valence-electron chi connectivity index (χ3n) is 16.9. The molecule has 0 aliphatic rings. The molecule has 0 saturated heterocycles. The fraction of sp³-hybridized carbons (Fsp3) is 0. The number of hydrogen-bond donors (Lipinski definition) is 0. The Morgan fingerprint density at radius 2 is 0.533 bits per heavy atom. The monoisotopic (exact) mass is 1160 g/mol. The SMILES string of the molecule is N#Cc1cc(-n2c3cc(-c4cccc(-c5ccccc5)n4)ccc3c3ccc(-c4cccc(-c5ccccc5)n4)cc32)c(-n2c3cc(-c4cccc(-c5ccccc5)n4)ccc3c3ccc(-c4cccc(-c5ccccc5)n4)cc32)cc1-c1c(F)cccc1F. The van der Waals surface area contributed by atoms with E-state index in [1.807, 2.05) is 146 Å². The van der Waals surface area contributed by atoms with Gasteiger partial charge in [0.15, 0.2) is 0 Å². The van der Waals surface area contributed by atoms with Gasteiger partial charge < -0.3 is 9.13 Å². The zero-order valence-corrected chi connectivity index (χ0v) is 48.2. The molecule has 6 aromatic heterocycles. The van der Waals surface area contributed by atoms with Gasteiger partial charge in [-0.1, -0.05) is 200 Å². The van der Waals surface area contributed by atoms with Gasteiger partial charge in [-0.2, -0.15) is 5.26 Å². The van der Waals surface area contributed by atoms with E-state index in [0.29, 0.717) is 11.4 Å². The van der Waals surface area contributed by atoms with Gasteiger partial charge in [-0.3, -0.25) is 0 Å². The third kappa shape index (κ3) is 9.44. The fourth-order valence-electron chi connectivity index (χ4n) is 12.6. The number of nitrogens with zero attached hydrogens (tertiary/aromatic N) is 7. The summed E-state index contributed by atoms with van der Waals surface area (Å²) in [5, 5.41) is 15.2. The van der Waals surface area contributed by atoms with Crippen LogP contribution in [-0.4, -0.2) is 29.1 Å². The van der Waals surface area contributed by atoms with Gasteiger partial charge in [-0.05, 0) is 97.1 Å². The molecule has 6 heterocycles. The molecule has 0 atom stereocenters. The summed E-state index contributed by atoms with van der Waals surface area (Å²) in [6.07, 6.45) is 0. The highest BCUT2D eigenvalue weighted by Crippen LogP contribution is 2.45. The number of hydrogen-bond acceptors (Lipinski definition) is 5. The van der Waals surface area contributed by atoms with Crippen LogP contribution in [0.4, 0.5) is 8.78 Å². The lowest BCUT2D eigenvalue weighted by molar-refractivity contribution is 0.589. The van der Waals surface area contributed by atoms with Crippen LogP contribution in [0, 0.1) is 23.0 Å². The van der Waals surface area contributed by atoms with Crippen molar-refractivity contribution in [3.63, 3.8) is 0 Å². The predicted octanol–water partition coefficient (Wildman–Crippen LogP) is 20.6. The Balaban J connectivity index is 1.02. The Kier molecular flexibility index (Phi) is 13.2. The molecule has 0 saturated carbocycles. The van der Waals surface area contributed by atoms with Gasteiger partial charge in [-0.25, -0.2) is 28.7 Å². The standard InChI is InChI=1S/C81H49F2N7/c82-65-26-13-27-66(83)81(65)64-49-80(90-77-46-57(73-34-16-30-69(87-73)53-22-9-3-10-23-53)38-42-62(77)63-43-39-58(47-78(63)90)74-35-17-31-70(88-74)54-24-11-4-12-25-54)79(48-59(64)50-84)89-75-44-55(71-32-14-28-67(85-71)51-18-5-1-6-19-51)36-40-60(75)61-41-37-56(45-76(61)89)72-33-15-29-68(86-72)52-20-7-2-8-21-52/h1-49H. The molecule has 16 aromatic rings. The Bertz CT molecular complexity index is 5220. The molecule has 90 heavy (non-hydrogen) atoms. The van der Waals surface area contributed by atoms with Crippen LogP contribution >= 0.6 is 0 Å². The molecule has 9 heteroatoms. The van der Waals surface area contributed by atoms with Crippen molar-refractivity contribution in [2.24, 2.45) is 0 Å². The van der Waals surface area contributed by atoms with Gasteiger partial charge in [0, 0.05) is 71.6 Å². The van der Waals surface area contributed by atoms with E-state index in [2.05, 4.69) is 137 Å².